The molecule has 540 valence electrons. The van der Waals surface area contributed by atoms with Crippen molar-refractivity contribution >= 4 is 38.9 Å². The van der Waals surface area contributed by atoms with E-state index >= 15 is 0 Å². The van der Waals surface area contributed by atoms with Crippen molar-refractivity contribution in [1.29, 1.82) is 0 Å². The van der Waals surface area contributed by atoms with Crippen molar-refractivity contribution in [2.45, 2.75) is 161 Å². The van der Waals surface area contributed by atoms with Crippen LogP contribution in [0.2, 0.25) is 0 Å². The highest BCUT2D eigenvalue weighted by Crippen LogP contribution is 2.47. The molecule has 3 aromatic heterocycles. The minimum absolute atomic E-state index is 0.000263. The van der Waals surface area contributed by atoms with E-state index in [1.54, 1.807) is 4.90 Å². The smallest absolute Gasteiger partial charge is 0.330 e. The van der Waals surface area contributed by atoms with E-state index in [2.05, 4.69) is 32.5 Å². The summed E-state index contributed by atoms with van der Waals surface area (Å²) in [6.07, 6.45) is 1.69. The third-order valence-electron chi connectivity index (χ3n) is 16.4. The van der Waals surface area contributed by atoms with Gasteiger partial charge in [-0.2, -0.15) is 0 Å². The molecule has 0 bridgehead atoms. The molecule has 6 heterocycles. The molecule has 8 rings (SSSR count). The molecule has 34 heteroatoms. The lowest BCUT2D eigenvalue weighted by Crippen LogP contribution is -2.34. The van der Waals surface area contributed by atoms with Gasteiger partial charge in [0.15, 0.2) is 0 Å². The minimum Gasteiger partial charge on any atom is -0.756 e. The normalized spacial score (nSPS) is 19.5. The first-order valence-electron chi connectivity index (χ1n) is 33.2. The molecule has 5 aromatic rings. The summed E-state index contributed by atoms with van der Waals surface area (Å²) in [5.41, 5.74) is 1.87. The van der Waals surface area contributed by atoms with E-state index in [1.807, 2.05) is 53.2 Å². The van der Waals surface area contributed by atoms with Gasteiger partial charge in [-0.15, -0.1) is 5.10 Å². The number of carbonyl (C=O) groups excluding carboxylic acids is 3. The van der Waals surface area contributed by atoms with Gasteiger partial charge >= 0.3 is 11.4 Å². The van der Waals surface area contributed by atoms with E-state index in [1.165, 1.54) is 39.3 Å². The monoisotopic (exact) mass is 1410 g/mol. The van der Waals surface area contributed by atoms with Crippen molar-refractivity contribution in [3.63, 3.8) is 0 Å². The lowest BCUT2D eigenvalue weighted by molar-refractivity contribution is -0.236. The van der Waals surface area contributed by atoms with Crippen LogP contribution in [0.4, 0.5) is 5.69 Å². The zero-order chi connectivity index (χ0) is 70.0. The number of para-hydroxylation sites is 1. The molecule has 0 spiro atoms. The van der Waals surface area contributed by atoms with Gasteiger partial charge < -0.3 is 76.4 Å². The van der Waals surface area contributed by atoms with Gasteiger partial charge in [0, 0.05) is 86.3 Å². The molecule has 0 radical (unpaired) electrons. The first kappa shape index (κ1) is 77.2. The fourth-order valence-corrected chi connectivity index (χ4v) is 12.8. The molecule has 3 aliphatic heterocycles. The van der Waals surface area contributed by atoms with Crippen LogP contribution in [0, 0.1) is 13.8 Å². The van der Waals surface area contributed by atoms with Gasteiger partial charge in [-0.25, -0.2) is 14.3 Å². The Hall–Kier alpha value is -6.55. The fraction of sp³-hybridized carbons (Fsp3) is 0.609. The standard InChI is InChI=1S/C64H91N9O23P2/c1-4-5-6-7-14-24-65-55(76)23-27-87-29-31-89-33-34-90-32-30-88-28-25-73-60-48-19-10-8-16-46(48)41-70(50-21-12-11-20-49(50)59(60)68-69-73)56(77)22-13-9-17-47(74)18-15-26-86-35-36-91-97(82,83)92-43-54-52(38-58(95-54)72-40-45(3)62(79)67-64(72)81)96-98(84,85)93-42-53-51(75)37-57(94-53)71-39-44(2)61(78)66-63(71)80/h8,10-12,16,19-21,39-40,51-54,57-58,75H,4-7,9,13-15,17-18,22-38,41-43H2,1-3H3,(H,65,76)(H,82,83)(H,84,85)(H,66,78,80)(H,67,79,81)/p-2/t51?,52?,53-,54-,57-,58-/m1/s1. The molecule has 0 aliphatic carbocycles. The zero-order valence-corrected chi connectivity index (χ0v) is 57.2. The largest absolute Gasteiger partial charge is 0.756 e. The number of hydrogen-bond acceptors (Lipinski definition) is 25. The van der Waals surface area contributed by atoms with E-state index in [0.717, 1.165) is 50.6 Å². The first-order valence-corrected chi connectivity index (χ1v) is 36.1. The van der Waals surface area contributed by atoms with E-state index in [-0.39, 0.29) is 74.2 Å². The number of aryl methyl sites for hydroxylation is 2. The number of nitrogens with zero attached hydrogens (tertiary/aromatic N) is 6. The molecular weight excluding hydrogens is 1320 g/mol. The van der Waals surface area contributed by atoms with Crippen LogP contribution in [0.3, 0.4) is 0 Å². The number of phosphoric ester groups is 2. The Balaban J connectivity index is 0.705. The average molecular weight is 1410 g/mol. The van der Waals surface area contributed by atoms with Gasteiger partial charge in [0.1, 0.15) is 36.1 Å². The number of ketones is 1. The highest BCUT2D eigenvalue weighted by atomic mass is 31.2. The number of anilines is 1. The van der Waals surface area contributed by atoms with Crippen LogP contribution >= 0.6 is 15.6 Å². The van der Waals surface area contributed by atoms with Crippen molar-refractivity contribution < 1.29 is 89.7 Å². The number of fused-ring (bicyclic) bond motifs is 5. The molecule has 32 nitrogen and oxygen atoms in total. The predicted octanol–water partition coefficient (Wildman–Crippen LogP) is 3.95. The third-order valence-corrected chi connectivity index (χ3v) is 18.4. The minimum atomic E-state index is -5.36. The Morgan fingerprint density at radius 2 is 1.21 bits per heavy atom. The van der Waals surface area contributed by atoms with E-state index in [4.69, 9.17) is 51.3 Å². The number of unbranched alkanes of at least 4 members (excludes halogenated alkanes) is 5. The number of aliphatic hydroxyl groups is 1. The Morgan fingerprint density at radius 1 is 0.643 bits per heavy atom. The van der Waals surface area contributed by atoms with Gasteiger partial charge in [0.25, 0.3) is 26.8 Å². The van der Waals surface area contributed by atoms with Gasteiger partial charge in [-0.3, -0.25) is 52.2 Å². The highest BCUT2D eigenvalue weighted by molar-refractivity contribution is 7.46. The number of nitrogens with one attached hydrogen (secondary N) is 3. The summed E-state index contributed by atoms with van der Waals surface area (Å²) in [6.45, 7) is 7.17. The van der Waals surface area contributed by atoms with Crippen molar-refractivity contribution in [2.24, 2.45) is 0 Å². The average Bonchev–Trinajstić information content (AvgIpc) is 1.43. The molecule has 4 unspecified atom stereocenters. The maximum Gasteiger partial charge on any atom is 0.330 e. The van der Waals surface area contributed by atoms with Crippen LogP contribution in [0.25, 0.3) is 22.5 Å². The number of aromatic nitrogens is 7. The predicted molar refractivity (Wildman–Crippen MR) is 348 cm³/mol. The van der Waals surface area contributed by atoms with Gasteiger partial charge in [-0.05, 0) is 51.2 Å². The zero-order valence-electron chi connectivity index (χ0n) is 55.5. The lowest BCUT2D eigenvalue weighted by Gasteiger charge is -2.30. The van der Waals surface area contributed by atoms with E-state index in [9.17, 15) is 57.6 Å². The number of hydrogen-bond donors (Lipinski definition) is 4. The van der Waals surface area contributed by atoms with Gasteiger partial charge in [0.05, 0.1) is 116 Å². The molecule has 3 aliphatic rings. The van der Waals surface area contributed by atoms with E-state index < -0.39 is 101 Å². The third kappa shape index (κ3) is 23.5. The second-order valence-corrected chi connectivity index (χ2v) is 26.6. The maximum atomic E-state index is 14.1. The Kier molecular flexibility index (Phi) is 30.6. The van der Waals surface area contributed by atoms with Gasteiger partial charge in [0.2, 0.25) is 11.8 Å². The number of ether oxygens (including phenoxy) is 7. The molecule has 2 fully saturated rings. The molecule has 4 N–H and O–H groups in total. The van der Waals surface area contributed by atoms with Crippen LogP contribution in [0.15, 0.2) is 80.1 Å². The maximum absolute atomic E-state index is 14.1. The van der Waals surface area contributed by atoms with Crippen LogP contribution < -0.4 is 42.5 Å². The topological polar surface area (TPSA) is 409 Å². The van der Waals surface area contributed by atoms with Crippen molar-refractivity contribution in [3.8, 4) is 22.5 Å². The lowest BCUT2D eigenvalue weighted by atomic mass is 9.95. The summed E-state index contributed by atoms with van der Waals surface area (Å²) in [7, 11) is -10.5. The molecular formula is C64H89N9O23P2-2. The number of amides is 2. The first-order chi connectivity index (χ1) is 47.2. The van der Waals surface area contributed by atoms with Crippen LogP contribution in [-0.4, -0.2) is 174 Å². The number of rotatable bonds is 44. The summed E-state index contributed by atoms with van der Waals surface area (Å²) in [5.74, 6) is -0.162. The Bertz CT molecular complexity index is 3750. The summed E-state index contributed by atoms with van der Waals surface area (Å²) in [6, 6.07) is 15.4. The summed E-state index contributed by atoms with van der Waals surface area (Å²) >= 11 is 0. The van der Waals surface area contributed by atoms with E-state index in [0.29, 0.717) is 103 Å². The number of benzene rings is 2. The van der Waals surface area contributed by atoms with Crippen LogP contribution in [0.5, 0.6) is 0 Å². The number of aliphatic hydroxyl groups excluding tert-OH is 1. The highest BCUT2D eigenvalue weighted by Gasteiger charge is 2.42. The molecule has 2 amide bonds. The fourth-order valence-electron chi connectivity index (χ4n) is 11.2. The second kappa shape index (κ2) is 38.9. The van der Waals surface area contributed by atoms with Gasteiger partial charge in [-0.1, -0.05) is 80.3 Å². The summed E-state index contributed by atoms with van der Waals surface area (Å²) in [4.78, 5) is 120. The van der Waals surface area contributed by atoms with Crippen molar-refractivity contribution in [3.05, 3.63) is 119 Å². The number of Topliss-reactive ketones (excluding diaryl/α,β-unsaturated/α-hetero) is 1. The number of carbonyl (C=O) groups is 3. The second-order valence-electron chi connectivity index (χ2n) is 23.8. The number of aromatic amines is 2. The molecule has 98 heavy (non-hydrogen) atoms. The molecule has 2 saturated heterocycles. The summed E-state index contributed by atoms with van der Waals surface area (Å²) in [5, 5.41) is 22.8. The quantitative estimate of drug-likeness (QED) is 0.0317. The summed E-state index contributed by atoms with van der Waals surface area (Å²) < 4.78 is 90.1. The van der Waals surface area contributed by atoms with Crippen molar-refractivity contribution in [2.75, 3.05) is 97.3 Å². The van der Waals surface area contributed by atoms with Crippen molar-refractivity contribution in [1.82, 2.24) is 39.4 Å². The van der Waals surface area contributed by atoms with Crippen LogP contribution in [0.1, 0.15) is 126 Å². The van der Waals surface area contributed by atoms with Crippen LogP contribution in [-0.2, 0) is 87.9 Å². The number of H-pyrrole nitrogens is 2. The molecule has 8 atom stereocenters. The Labute approximate surface area is 565 Å². The molecule has 0 saturated carbocycles. The number of phosphoric acid groups is 2. The molecule has 2 aromatic carbocycles. The SMILES string of the molecule is CCCCCCCNC(=O)CCOCCOCCOCCOCCn1nnc2c1-c1ccccc1CN(C(=O)CCCCC(=O)CCCOCCOP(=O)([O-])OC[C@H]1O[C@@H](n3cc(C)c(=O)[nH]c3=O)CC1OP(=O)([O-])OC[C@H]1O[C@@H](n3cc(C)c(=O)[nH]c3=O)CC1O)c1ccccc1-2. The Morgan fingerprint density at radius 3 is 1.92 bits per heavy atom.